The van der Waals surface area contributed by atoms with Gasteiger partial charge >= 0.3 is 0 Å². The largest absolute Gasteiger partial charge is 0.333 e. The molecule has 5 nitrogen and oxygen atoms in total. The lowest BCUT2D eigenvalue weighted by Gasteiger charge is -2.22. The summed E-state index contributed by atoms with van der Waals surface area (Å²) >= 11 is 3.40. The summed E-state index contributed by atoms with van der Waals surface area (Å²) in [5.41, 5.74) is 1.42. The fourth-order valence-corrected chi connectivity index (χ4v) is 4.58. The average molecular weight is 411 g/mol. The summed E-state index contributed by atoms with van der Waals surface area (Å²) in [6, 6.07) is 10.4. The molecule has 0 fully saturated rings. The summed E-state index contributed by atoms with van der Waals surface area (Å²) < 4.78 is 1.88. The van der Waals surface area contributed by atoms with Crippen LogP contribution in [0.5, 0.6) is 0 Å². The number of thiophene rings is 2. The number of aromatic nitrogens is 3. The Kier molecular flexibility index (Phi) is 5.54. The van der Waals surface area contributed by atoms with Crippen LogP contribution in [0.4, 0.5) is 0 Å². The Morgan fingerprint density at radius 1 is 1.14 bits per heavy atom. The first-order valence-corrected chi connectivity index (χ1v) is 11.0. The summed E-state index contributed by atoms with van der Waals surface area (Å²) in [5, 5.41) is 9.42. The van der Waals surface area contributed by atoms with Crippen LogP contribution in [0.15, 0.2) is 53.5 Å². The van der Waals surface area contributed by atoms with E-state index in [1.807, 2.05) is 27.1 Å². The van der Waals surface area contributed by atoms with Gasteiger partial charge in [-0.2, -0.15) is 5.10 Å². The first-order valence-electron chi connectivity index (χ1n) is 9.29. The minimum atomic E-state index is 0.0108. The summed E-state index contributed by atoms with van der Waals surface area (Å²) in [4.78, 5) is 22.2. The molecule has 0 aliphatic carbocycles. The Morgan fingerprint density at radius 3 is 2.57 bits per heavy atom. The van der Waals surface area contributed by atoms with Crippen LogP contribution in [0.25, 0.3) is 11.0 Å². The highest BCUT2D eigenvalue weighted by Crippen LogP contribution is 2.20. The van der Waals surface area contributed by atoms with Gasteiger partial charge in [0.15, 0.2) is 5.65 Å². The van der Waals surface area contributed by atoms with Gasteiger partial charge in [-0.3, -0.25) is 4.79 Å². The Balaban J connectivity index is 1.59. The first kappa shape index (κ1) is 18.8. The molecule has 0 atom stereocenters. The molecule has 0 saturated carbocycles. The van der Waals surface area contributed by atoms with Crippen LogP contribution in [0.3, 0.4) is 0 Å². The topological polar surface area (TPSA) is 51.0 Å². The third kappa shape index (κ3) is 4.00. The van der Waals surface area contributed by atoms with Gasteiger partial charge in [0.05, 0.1) is 18.3 Å². The molecule has 1 amide bonds. The zero-order chi connectivity index (χ0) is 19.5. The molecule has 0 radical (unpaired) electrons. The number of hydrogen-bond acceptors (Lipinski definition) is 5. The second-order valence-corrected chi connectivity index (χ2v) is 9.02. The maximum absolute atomic E-state index is 13.3. The third-order valence-electron chi connectivity index (χ3n) is 4.59. The van der Waals surface area contributed by atoms with Crippen LogP contribution in [-0.4, -0.2) is 32.1 Å². The first-order chi connectivity index (χ1) is 13.6. The van der Waals surface area contributed by atoms with Gasteiger partial charge in [-0.1, -0.05) is 12.1 Å². The van der Waals surface area contributed by atoms with Crippen LogP contribution < -0.4 is 0 Å². The number of fused-ring (bicyclic) bond motifs is 1. The molecule has 4 rings (SSSR count). The lowest BCUT2D eigenvalue weighted by Crippen LogP contribution is -2.32. The number of hydrogen-bond donors (Lipinski definition) is 0. The van der Waals surface area contributed by atoms with Gasteiger partial charge in [0.1, 0.15) is 0 Å². The van der Waals surface area contributed by atoms with E-state index in [1.165, 1.54) is 9.75 Å². The van der Waals surface area contributed by atoms with Crippen LogP contribution in [0.2, 0.25) is 0 Å². The molecular weight excluding hydrogens is 388 g/mol. The minimum Gasteiger partial charge on any atom is -0.333 e. The quantitative estimate of drug-likeness (QED) is 0.430. The van der Waals surface area contributed by atoms with Crippen molar-refractivity contribution >= 4 is 39.6 Å². The third-order valence-corrected chi connectivity index (χ3v) is 6.39. The summed E-state index contributed by atoms with van der Waals surface area (Å²) in [6.07, 6.45) is 4.32. The maximum atomic E-state index is 13.3. The molecule has 0 aliphatic heterocycles. The highest BCUT2D eigenvalue weighted by Gasteiger charge is 2.19. The van der Waals surface area contributed by atoms with E-state index in [2.05, 4.69) is 47.5 Å². The van der Waals surface area contributed by atoms with Crippen molar-refractivity contribution in [1.82, 2.24) is 19.7 Å². The van der Waals surface area contributed by atoms with E-state index in [0.29, 0.717) is 18.7 Å². The molecule has 0 bridgehead atoms. The molecular formula is C21H22N4OS2. The maximum Gasteiger partial charge on any atom is 0.255 e. The highest BCUT2D eigenvalue weighted by atomic mass is 32.1. The van der Waals surface area contributed by atoms with Gasteiger partial charge in [-0.05, 0) is 49.2 Å². The summed E-state index contributed by atoms with van der Waals surface area (Å²) in [7, 11) is 0. The monoisotopic (exact) mass is 410 g/mol. The predicted octanol–water partition coefficient (Wildman–Crippen LogP) is 5.02. The molecule has 28 heavy (non-hydrogen) atoms. The van der Waals surface area contributed by atoms with E-state index in [9.17, 15) is 4.79 Å². The lowest BCUT2D eigenvalue weighted by molar-refractivity contribution is 0.0747. The number of nitrogens with zero attached hydrogens (tertiary/aromatic N) is 4. The Bertz CT molecular complexity index is 1050. The van der Waals surface area contributed by atoms with Crippen LogP contribution in [0, 0.1) is 0 Å². The van der Waals surface area contributed by atoms with Crippen molar-refractivity contribution in [2.24, 2.45) is 0 Å². The fourth-order valence-electron chi connectivity index (χ4n) is 3.16. The summed E-state index contributed by atoms with van der Waals surface area (Å²) in [5.74, 6) is 0.0108. The standard InChI is InChI=1S/C21H22N4OS2/c1-15(2)25-20-16(13-23-25)11-17(12-22-20)21(26)24(14-19-6-4-10-28-19)8-7-18-5-3-9-27-18/h3-6,9-13,15H,7-8,14H2,1-2H3. The Labute approximate surface area is 172 Å². The van der Waals surface area contributed by atoms with Gasteiger partial charge in [0.25, 0.3) is 5.91 Å². The van der Waals surface area contributed by atoms with Crippen LogP contribution >= 0.6 is 22.7 Å². The molecule has 0 aromatic carbocycles. The second-order valence-electron chi connectivity index (χ2n) is 6.96. The second kappa shape index (κ2) is 8.24. The molecule has 0 spiro atoms. The molecule has 144 valence electrons. The Morgan fingerprint density at radius 2 is 1.89 bits per heavy atom. The van der Waals surface area contributed by atoms with E-state index >= 15 is 0 Å². The molecule has 7 heteroatoms. The normalized spacial score (nSPS) is 11.4. The number of carbonyl (C=O) groups is 1. The minimum absolute atomic E-state index is 0.0108. The van der Waals surface area contributed by atoms with Gasteiger partial charge < -0.3 is 4.90 Å². The summed E-state index contributed by atoms with van der Waals surface area (Å²) in [6.45, 7) is 5.44. The molecule has 0 N–H and O–H groups in total. The molecule has 0 saturated heterocycles. The SMILES string of the molecule is CC(C)n1ncc2cc(C(=O)N(CCc3cccs3)Cc3cccs3)cnc21. The van der Waals surface area contributed by atoms with E-state index in [0.717, 1.165) is 17.5 Å². The number of amides is 1. The van der Waals surface area contributed by atoms with Crippen molar-refractivity contribution in [3.05, 3.63) is 68.8 Å². The molecule has 0 aliphatic rings. The van der Waals surface area contributed by atoms with Gasteiger partial charge in [-0.25, -0.2) is 9.67 Å². The molecule has 4 aromatic heterocycles. The highest BCUT2D eigenvalue weighted by molar-refractivity contribution is 7.10. The van der Waals surface area contributed by atoms with Crippen molar-refractivity contribution in [2.75, 3.05) is 6.54 Å². The zero-order valence-electron chi connectivity index (χ0n) is 15.9. The average Bonchev–Trinajstić information content (AvgIpc) is 3.45. The number of rotatable bonds is 7. The van der Waals surface area contributed by atoms with Crippen molar-refractivity contribution in [1.29, 1.82) is 0 Å². The van der Waals surface area contributed by atoms with E-state index < -0.39 is 0 Å². The van der Waals surface area contributed by atoms with Crippen LogP contribution in [0.1, 0.15) is 40.0 Å². The lowest BCUT2D eigenvalue weighted by atomic mass is 10.2. The molecule has 0 unspecified atom stereocenters. The molecule has 4 heterocycles. The van der Waals surface area contributed by atoms with Crippen molar-refractivity contribution in [3.63, 3.8) is 0 Å². The zero-order valence-corrected chi connectivity index (χ0v) is 17.5. The van der Waals surface area contributed by atoms with E-state index in [-0.39, 0.29) is 11.9 Å². The molecule has 4 aromatic rings. The van der Waals surface area contributed by atoms with Gasteiger partial charge in [-0.15, -0.1) is 22.7 Å². The van der Waals surface area contributed by atoms with Crippen LogP contribution in [-0.2, 0) is 13.0 Å². The van der Waals surface area contributed by atoms with E-state index in [1.54, 1.807) is 35.1 Å². The van der Waals surface area contributed by atoms with Gasteiger partial charge in [0.2, 0.25) is 0 Å². The van der Waals surface area contributed by atoms with Crippen molar-refractivity contribution in [2.45, 2.75) is 32.9 Å². The number of pyridine rings is 1. The Hall–Kier alpha value is -2.51. The smallest absolute Gasteiger partial charge is 0.255 e. The van der Waals surface area contributed by atoms with Crippen molar-refractivity contribution in [3.8, 4) is 0 Å². The van der Waals surface area contributed by atoms with Crippen molar-refractivity contribution < 1.29 is 4.79 Å². The van der Waals surface area contributed by atoms with E-state index in [4.69, 9.17) is 0 Å². The predicted molar refractivity (Wildman–Crippen MR) is 115 cm³/mol. The fraction of sp³-hybridized carbons (Fsp3) is 0.286. The number of carbonyl (C=O) groups excluding carboxylic acids is 1. The van der Waals surface area contributed by atoms with Gasteiger partial charge in [0, 0.05) is 33.9 Å².